The van der Waals surface area contributed by atoms with Crippen molar-refractivity contribution in [2.24, 2.45) is 5.73 Å². The van der Waals surface area contributed by atoms with Gasteiger partial charge in [-0.05, 0) is 57.1 Å². The van der Waals surface area contributed by atoms with E-state index < -0.39 is 47.8 Å². The van der Waals surface area contributed by atoms with Crippen LogP contribution >= 0.6 is 0 Å². The summed E-state index contributed by atoms with van der Waals surface area (Å²) in [6, 6.07) is 11.0. The number of likely N-dealkylation sites (tertiary alicyclic amines) is 1. The van der Waals surface area contributed by atoms with Crippen LogP contribution in [0.1, 0.15) is 27.2 Å². The SMILES string of the molecule is CN1CCN(C(=O)[C@H](CN)NC(=O)[C@@H]2C[C@H](Oc3cccc(-c4cccc5nn(CCN6CCOC[C@H]6C(=O)O)cc45)c3)CN2C(=O)OC(C)(C)C)CC1. The van der Waals surface area contributed by atoms with Gasteiger partial charge in [0.1, 0.15) is 35.6 Å². The molecule has 6 rings (SSSR count). The number of carbonyl (C=O) groups excluding carboxylic acids is 3. The molecular formula is C38H52N8O8. The van der Waals surface area contributed by atoms with Gasteiger partial charge in [-0.15, -0.1) is 0 Å². The number of aliphatic carboxylic acids is 1. The molecule has 0 spiro atoms. The maximum atomic E-state index is 13.8. The minimum atomic E-state index is -0.940. The number of likely N-dealkylation sites (N-methyl/N-ethyl adjacent to an activating group) is 1. The van der Waals surface area contributed by atoms with Crippen LogP contribution in [0.4, 0.5) is 4.79 Å². The first-order valence-corrected chi connectivity index (χ1v) is 18.5. The van der Waals surface area contributed by atoms with Crippen molar-refractivity contribution in [2.75, 3.05) is 72.6 Å². The fourth-order valence-electron chi connectivity index (χ4n) is 7.14. The zero-order chi connectivity index (χ0) is 38.6. The molecule has 292 valence electrons. The third kappa shape index (κ3) is 9.29. The zero-order valence-corrected chi connectivity index (χ0v) is 31.5. The van der Waals surface area contributed by atoms with Crippen molar-refractivity contribution in [1.82, 2.24) is 34.7 Å². The normalized spacial score (nSPS) is 21.9. The summed E-state index contributed by atoms with van der Waals surface area (Å²) >= 11 is 0. The fourth-order valence-corrected chi connectivity index (χ4v) is 7.14. The second-order valence-corrected chi connectivity index (χ2v) is 15.2. The Bertz CT molecular complexity index is 1820. The van der Waals surface area contributed by atoms with Crippen molar-refractivity contribution in [2.45, 2.75) is 63.6 Å². The summed E-state index contributed by atoms with van der Waals surface area (Å²) in [5.74, 6) is -1.07. The fraction of sp³-hybridized carbons (Fsp3) is 0.553. The number of amides is 3. The molecule has 0 saturated carbocycles. The van der Waals surface area contributed by atoms with Crippen molar-refractivity contribution < 1.29 is 38.5 Å². The predicted molar refractivity (Wildman–Crippen MR) is 200 cm³/mol. The molecule has 3 aliphatic heterocycles. The first-order chi connectivity index (χ1) is 25.8. The lowest BCUT2D eigenvalue weighted by Gasteiger charge is -2.35. The van der Waals surface area contributed by atoms with Gasteiger partial charge in [0, 0.05) is 63.8 Å². The van der Waals surface area contributed by atoms with Gasteiger partial charge >= 0.3 is 12.1 Å². The Morgan fingerprint density at radius 1 is 1.04 bits per heavy atom. The monoisotopic (exact) mass is 748 g/mol. The molecule has 4 N–H and O–H groups in total. The number of nitrogens with one attached hydrogen (secondary N) is 1. The van der Waals surface area contributed by atoms with Gasteiger partial charge in [-0.1, -0.05) is 24.3 Å². The molecule has 54 heavy (non-hydrogen) atoms. The van der Waals surface area contributed by atoms with E-state index in [4.69, 9.17) is 25.0 Å². The molecule has 0 bridgehead atoms. The standard InChI is InChI=1S/C38H52N8O8/c1-38(2,3)54-37(51)46-22-27(20-32(46)34(47)40-31(21-39)35(48)44-13-11-42(4)12-14-44)53-26-8-5-7-25(19-26)28-9-6-10-30-29(28)23-45(41-30)16-15-43-17-18-52-24-33(43)36(49)50/h5-10,19,23,27,31-33H,11-18,20-22,24,39H2,1-4H3,(H,40,47)(H,49,50)/t27-,31-,32-,33-/m0/s1. The molecule has 3 aromatic rings. The Balaban J connectivity index is 1.16. The number of nitrogens with zero attached hydrogens (tertiary/aromatic N) is 6. The van der Waals surface area contributed by atoms with E-state index in [1.54, 1.807) is 25.7 Å². The highest BCUT2D eigenvalue weighted by atomic mass is 16.6. The smallest absolute Gasteiger partial charge is 0.411 e. The molecule has 16 heteroatoms. The number of nitrogens with two attached hydrogens (primary N) is 1. The second kappa shape index (κ2) is 16.7. The number of carboxylic acids is 1. The molecule has 3 fully saturated rings. The van der Waals surface area contributed by atoms with Crippen LogP contribution in [0.3, 0.4) is 0 Å². The van der Waals surface area contributed by atoms with Crippen molar-refractivity contribution in [3.05, 3.63) is 48.7 Å². The van der Waals surface area contributed by atoms with E-state index >= 15 is 0 Å². The highest BCUT2D eigenvalue weighted by molar-refractivity contribution is 5.95. The van der Waals surface area contributed by atoms with Gasteiger partial charge < -0.3 is 40.2 Å². The van der Waals surface area contributed by atoms with Gasteiger partial charge in [0.25, 0.3) is 0 Å². The highest BCUT2D eigenvalue weighted by Gasteiger charge is 2.44. The molecule has 4 heterocycles. The van der Waals surface area contributed by atoms with Gasteiger partial charge in [-0.3, -0.25) is 28.9 Å². The molecule has 3 amide bonds. The Kier molecular flexibility index (Phi) is 12.1. The van der Waals surface area contributed by atoms with E-state index in [1.165, 1.54) is 4.90 Å². The van der Waals surface area contributed by atoms with Gasteiger partial charge in [-0.25, -0.2) is 4.79 Å². The van der Waals surface area contributed by atoms with Crippen molar-refractivity contribution in [3.8, 4) is 16.9 Å². The van der Waals surface area contributed by atoms with Crippen LogP contribution in [0.2, 0.25) is 0 Å². The van der Waals surface area contributed by atoms with E-state index in [9.17, 15) is 24.3 Å². The topological polar surface area (TPSA) is 185 Å². The Morgan fingerprint density at radius 3 is 2.52 bits per heavy atom. The van der Waals surface area contributed by atoms with Crippen LogP contribution in [0.25, 0.3) is 22.0 Å². The van der Waals surface area contributed by atoms with Crippen LogP contribution in [-0.4, -0.2) is 161 Å². The van der Waals surface area contributed by atoms with E-state index in [-0.39, 0.29) is 32.0 Å². The molecule has 2 aromatic carbocycles. The van der Waals surface area contributed by atoms with Crippen molar-refractivity contribution in [3.63, 3.8) is 0 Å². The highest BCUT2D eigenvalue weighted by Crippen LogP contribution is 2.32. The van der Waals surface area contributed by atoms with E-state index in [1.807, 2.05) is 65.3 Å². The minimum absolute atomic E-state index is 0.0759. The number of piperazine rings is 1. The largest absolute Gasteiger partial charge is 0.488 e. The van der Waals surface area contributed by atoms with Crippen LogP contribution in [0, 0.1) is 0 Å². The molecule has 1 aromatic heterocycles. The van der Waals surface area contributed by atoms with E-state index in [0.29, 0.717) is 45.1 Å². The third-order valence-electron chi connectivity index (χ3n) is 10.0. The molecule has 0 unspecified atom stereocenters. The third-order valence-corrected chi connectivity index (χ3v) is 10.0. The molecule has 4 atom stereocenters. The van der Waals surface area contributed by atoms with Gasteiger partial charge in [0.05, 0.1) is 31.8 Å². The maximum Gasteiger partial charge on any atom is 0.411 e. The lowest BCUT2D eigenvalue weighted by atomic mass is 10.0. The summed E-state index contributed by atoms with van der Waals surface area (Å²) in [6.07, 6.45) is 0.967. The Hall–Kier alpha value is -4.77. The molecule has 3 saturated heterocycles. The van der Waals surface area contributed by atoms with Crippen LogP contribution in [0.15, 0.2) is 48.7 Å². The molecule has 0 aliphatic carbocycles. The molecule has 16 nitrogen and oxygen atoms in total. The summed E-state index contributed by atoms with van der Waals surface area (Å²) in [7, 11) is 2.00. The molecule has 0 radical (unpaired) electrons. The van der Waals surface area contributed by atoms with E-state index in [2.05, 4.69) is 10.2 Å². The number of benzene rings is 2. The summed E-state index contributed by atoms with van der Waals surface area (Å²) < 4.78 is 19.3. The van der Waals surface area contributed by atoms with Gasteiger partial charge in [0.2, 0.25) is 11.8 Å². The number of carbonyl (C=O) groups is 4. The van der Waals surface area contributed by atoms with E-state index in [0.717, 1.165) is 35.1 Å². The number of ether oxygens (including phenoxy) is 3. The molecular weight excluding hydrogens is 696 g/mol. The number of carboxylic acid groups (broad SMARTS) is 1. The van der Waals surface area contributed by atoms with Crippen molar-refractivity contribution in [1.29, 1.82) is 0 Å². The quantitative estimate of drug-likeness (QED) is 0.257. The maximum absolute atomic E-state index is 13.8. The number of hydrogen-bond donors (Lipinski definition) is 3. The first-order valence-electron chi connectivity index (χ1n) is 18.5. The Morgan fingerprint density at radius 2 is 1.80 bits per heavy atom. The summed E-state index contributed by atoms with van der Waals surface area (Å²) in [6.45, 7) is 10.1. The molecule has 3 aliphatic rings. The number of rotatable bonds is 11. The number of fused-ring (bicyclic) bond motifs is 1. The van der Waals surface area contributed by atoms with Gasteiger partial charge in [-0.2, -0.15) is 5.10 Å². The zero-order valence-electron chi connectivity index (χ0n) is 31.5. The van der Waals surface area contributed by atoms with Crippen molar-refractivity contribution >= 4 is 34.8 Å². The average Bonchev–Trinajstić information content (AvgIpc) is 3.77. The summed E-state index contributed by atoms with van der Waals surface area (Å²) in [5.41, 5.74) is 7.83. The summed E-state index contributed by atoms with van der Waals surface area (Å²) in [4.78, 5) is 59.3. The Labute approximate surface area is 315 Å². The first kappa shape index (κ1) is 38.9. The average molecular weight is 749 g/mol. The van der Waals surface area contributed by atoms with Gasteiger partial charge in [0.15, 0.2) is 0 Å². The number of morpholine rings is 1. The lowest BCUT2D eigenvalue weighted by molar-refractivity contribution is -0.149. The second-order valence-electron chi connectivity index (χ2n) is 15.2. The minimum Gasteiger partial charge on any atom is -0.488 e. The number of hydrogen-bond acceptors (Lipinski definition) is 11. The van der Waals surface area contributed by atoms with Crippen LogP contribution < -0.4 is 15.8 Å². The van der Waals surface area contributed by atoms with Crippen LogP contribution in [0.5, 0.6) is 5.75 Å². The predicted octanol–water partition coefficient (Wildman–Crippen LogP) is 1.46. The summed E-state index contributed by atoms with van der Waals surface area (Å²) in [5, 5.41) is 18.1. The van der Waals surface area contributed by atoms with Crippen LogP contribution in [-0.2, 0) is 30.4 Å². The lowest BCUT2D eigenvalue weighted by Crippen LogP contribution is -2.58. The number of aromatic nitrogens is 2.